The molecule has 0 unspecified atom stereocenters. The summed E-state index contributed by atoms with van der Waals surface area (Å²) in [5.74, 6) is 0. The summed E-state index contributed by atoms with van der Waals surface area (Å²) in [5, 5.41) is 3.15. The highest BCUT2D eigenvalue weighted by atomic mass is 16.5. The number of hydrogen-bond donors (Lipinski definition) is 1. The zero-order valence-electron chi connectivity index (χ0n) is 11.4. The van der Waals surface area contributed by atoms with Gasteiger partial charge in [0.05, 0.1) is 12.7 Å². The van der Waals surface area contributed by atoms with Crippen LogP contribution in [-0.4, -0.2) is 33.4 Å². The molecule has 1 aromatic carbocycles. The average Bonchev–Trinajstić information content (AvgIpc) is 2.30. The van der Waals surface area contributed by atoms with E-state index in [-0.39, 0.29) is 0 Å². The van der Waals surface area contributed by atoms with E-state index in [1.807, 2.05) is 7.05 Å². The van der Waals surface area contributed by atoms with Crippen LogP contribution in [0.2, 0.25) is 0 Å². The highest BCUT2D eigenvalue weighted by Crippen LogP contribution is 2.13. The maximum absolute atomic E-state index is 5.54. The molecule has 0 radical (unpaired) electrons. The summed E-state index contributed by atoms with van der Waals surface area (Å²) >= 11 is 0. The van der Waals surface area contributed by atoms with Gasteiger partial charge < -0.3 is 15.0 Å². The quantitative estimate of drug-likeness (QED) is 0.786. The molecule has 3 heteroatoms. The van der Waals surface area contributed by atoms with Crippen molar-refractivity contribution in [3.63, 3.8) is 0 Å². The van der Waals surface area contributed by atoms with Crippen molar-refractivity contribution in [3.05, 3.63) is 29.8 Å². The first-order valence-corrected chi connectivity index (χ1v) is 6.19. The number of hydrogen-bond acceptors (Lipinski definition) is 3. The van der Waals surface area contributed by atoms with E-state index in [9.17, 15) is 0 Å². The molecule has 0 fully saturated rings. The van der Waals surface area contributed by atoms with Crippen LogP contribution in [0, 0.1) is 0 Å². The van der Waals surface area contributed by atoms with Gasteiger partial charge in [-0.3, -0.25) is 0 Å². The van der Waals surface area contributed by atoms with Gasteiger partial charge in [-0.25, -0.2) is 0 Å². The maximum Gasteiger partial charge on any atom is 0.0644 e. The molecule has 0 atom stereocenters. The van der Waals surface area contributed by atoms with Crippen LogP contribution in [0.15, 0.2) is 24.3 Å². The fourth-order valence-electron chi connectivity index (χ4n) is 1.63. The lowest BCUT2D eigenvalue weighted by atomic mass is 10.2. The Morgan fingerprint density at radius 2 is 1.88 bits per heavy atom. The molecule has 17 heavy (non-hydrogen) atoms. The Morgan fingerprint density at radius 3 is 2.41 bits per heavy atom. The first-order valence-electron chi connectivity index (χ1n) is 6.19. The molecule has 1 rings (SSSR count). The average molecular weight is 236 g/mol. The minimum atomic E-state index is 0.307. The minimum Gasteiger partial charge on any atom is -0.377 e. The second kappa shape index (κ2) is 7.30. The molecule has 0 bridgehead atoms. The number of likely N-dealkylation sites (N-methyl/N-ethyl adjacent to an activating group) is 1. The number of anilines is 1. The molecule has 0 aliphatic carbocycles. The lowest BCUT2D eigenvalue weighted by Gasteiger charge is -2.20. The summed E-state index contributed by atoms with van der Waals surface area (Å²) in [7, 11) is 4.06. The standard InChI is InChI=1S/C14H24N2O/c1-12(2)17-10-9-16(4)14-7-5-13(6-8-14)11-15-3/h5-8,12,15H,9-11H2,1-4H3. The van der Waals surface area contributed by atoms with Crippen molar-refractivity contribution >= 4 is 5.69 Å². The molecule has 0 spiro atoms. The Labute approximate surface area is 105 Å². The van der Waals surface area contributed by atoms with Gasteiger partial charge in [0.25, 0.3) is 0 Å². The van der Waals surface area contributed by atoms with E-state index >= 15 is 0 Å². The van der Waals surface area contributed by atoms with Gasteiger partial charge in [0.1, 0.15) is 0 Å². The molecule has 96 valence electrons. The lowest BCUT2D eigenvalue weighted by Crippen LogP contribution is -2.23. The molecule has 1 aromatic rings. The number of nitrogens with one attached hydrogen (secondary N) is 1. The Hall–Kier alpha value is -1.06. The SMILES string of the molecule is CNCc1ccc(N(C)CCOC(C)C)cc1. The molecule has 0 heterocycles. The molecule has 0 saturated heterocycles. The second-order valence-corrected chi connectivity index (χ2v) is 4.54. The third kappa shape index (κ3) is 5.20. The van der Waals surface area contributed by atoms with Crippen molar-refractivity contribution in [1.82, 2.24) is 5.32 Å². The fraction of sp³-hybridized carbons (Fsp3) is 0.571. The van der Waals surface area contributed by atoms with E-state index in [2.05, 4.69) is 55.4 Å². The van der Waals surface area contributed by atoms with Crippen molar-refractivity contribution in [3.8, 4) is 0 Å². The molecule has 0 saturated carbocycles. The van der Waals surface area contributed by atoms with Crippen LogP contribution in [0.1, 0.15) is 19.4 Å². The van der Waals surface area contributed by atoms with Crippen LogP contribution in [0.4, 0.5) is 5.69 Å². The molecule has 0 aromatic heterocycles. The molecule has 0 aliphatic rings. The topological polar surface area (TPSA) is 24.5 Å². The van der Waals surface area contributed by atoms with Crippen molar-refractivity contribution in [2.24, 2.45) is 0 Å². The summed E-state index contributed by atoms with van der Waals surface area (Å²) in [6.07, 6.45) is 0.307. The van der Waals surface area contributed by atoms with Crippen LogP contribution < -0.4 is 10.2 Å². The third-order valence-corrected chi connectivity index (χ3v) is 2.64. The monoisotopic (exact) mass is 236 g/mol. The van der Waals surface area contributed by atoms with Crippen LogP contribution >= 0.6 is 0 Å². The van der Waals surface area contributed by atoms with Crippen molar-refractivity contribution < 1.29 is 4.74 Å². The van der Waals surface area contributed by atoms with Crippen molar-refractivity contribution in [1.29, 1.82) is 0 Å². The summed E-state index contributed by atoms with van der Waals surface area (Å²) in [4.78, 5) is 2.21. The second-order valence-electron chi connectivity index (χ2n) is 4.54. The fourth-order valence-corrected chi connectivity index (χ4v) is 1.63. The van der Waals surface area contributed by atoms with Crippen LogP contribution in [-0.2, 0) is 11.3 Å². The lowest BCUT2D eigenvalue weighted by molar-refractivity contribution is 0.0846. The number of ether oxygens (including phenoxy) is 1. The zero-order valence-corrected chi connectivity index (χ0v) is 11.4. The van der Waals surface area contributed by atoms with Gasteiger partial charge in [-0.15, -0.1) is 0 Å². The normalized spacial score (nSPS) is 10.9. The Kier molecular flexibility index (Phi) is 6.01. The van der Waals surface area contributed by atoms with E-state index in [1.165, 1.54) is 11.3 Å². The van der Waals surface area contributed by atoms with Crippen LogP contribution in [0.5, 0.6) is 0 Å². The highest BCUT2D eigenvalue weighted by molar-refractivity contribution is 5.46. The maximum atomic E-state index is 5.54. The summed E-state index contributed by atoms with van der Waals surface area (Å²) in [6.45, 7) is 6.73. The Balaban J connectivity index is 2.43. The number of nitrogens with zero attached hydrogens (tertiary/aromatic N) is 1. The van der Waals surface area contributed by atoms with Gasteiger partial charge in [-0.2, -0.15) is 0 Å². The van der Waals surface area contributed by atoms with Gasteiger partial charge in [-0.05, 0) is 38.6 Å². The van der Waals surface area contributed by atoms with E-state index in [0.717, 1.165) is 19.7 Å². The zero-order chi connectivity index (χ0) is 12.7. The molecule has 1 N–H and O–H groups in total. The number of benzene rings is 1. The molecular weight excluding hydrogens is 212 g/mol. The van der Waals surface area contributed by atoms with Gasteiger partial charge in [-0.1, -0.05) is 12.1 Å². The number of rotatable bonds is 7. The van der Waals surface area contributed by atoms with Crippen LogP contribution in [0.25, 0.3) is 0 Å². The summed E-state index contributed by atoms with van der Waals surface area (Å²) in [6, 6.07) is 8.63. The van der Waals surface area contributed by atoms with Crippen LogP contribution in [0.3, 0.4) is 0 Å². The first-order chi connectivity index (χ1) is 8.13. The summed E-state index contributed by atoms with van der Waals surface area (Å²) in [5.41, 5.74) is 2.54. The largest absolute Gasteiger partial charge is 0.377 e. The van der Waals surface area contributed by atoms with Gasteiger partial charge in [0.2, 0.25) is 0 Å². The molecular formula is C14H24N2O. The van der Waals surface area contributed by atoms with Gasteiger partial charge >= 0.3 is 0 Å². The summed E-state index contributed by atoms with van der Waals surface area (Å²) < 4.78 is 5.54. The van der Waals surface area contributed by atoms with E-state index in [0.29, 0.717) is 6.10 Å². The van der Waals surface area contributed by atoms with E-state index in [4.69, 9.17) is 4.74 Å². The minimum absolute atomic E-state index is 0.307. The van der Waals surface area contributed by atoms with Gasteiger partial charge in [0.15, 0.2) is 0 Å². The molecule has 3 nitrogen and oxygen atoms in total. The van der Waals surface area contributed by atoms with Crippen molar-refractivity contribution in [2.75, 3.05) is 32.1 Å². The molecule has 0 aliphatic heterocycles. The van der Waals surface area contributed by atoms with Crippen molar-refractivity contribution in [2.45, 2.75) is 26.5 Å². The molecule has 0 amide bonds. The predicted octanol–water partition coefficient (Wildman–Crippen LogP) is 2.27. The Morgan fingerprint density at radius 1 is 1.24 bits per heavy atom. The first kappa shape index (κ1) is 14.0. The Bertz CT molecular complexity index is 309. The van der Waals surface area contributed by atoms with Gasteiger partial charge in [0, 0.05) is 25.8 Å². The van der Waals surface area contributed by atoms with E-state index in [1.54, 1.807) is 0 Å². The third-order valence-electron chi connectivity index (χ3n) is 2.64. The van der Waals surface area contributed by atoms with E-state index < -0.39 is 0 Å². The highest BCUT2D eigenvalue weighted by Gasteiger charge is 2.01. The smallest absolute Gasteiger partial charge is 0.0644 e. The predicted molar refractivity (Wildman–Crippen MR) is 73.6 cm³/mol.